The molecule has 6 nitrogen and oxygen atoms in total. The molecule has 1 N–H and O–H groups in total. The molecule has 0 aliphatic rings. The number of carbonyl (C=O) groups is 2. The summed E-state index contributed by atoms with van der Waals surface area (Å²) in [6.07, 6.45) is 0.168. The largest absolute Gasteiger partial charge is 0.455 e. The van der Waals surface area contributed by atoms with Crippen LogP contribution in [0.2, 0.25) is 0 Å². The van der Waals surface area contributed by atoms with Crippen LogP contribution in [0.1, 0.15) is 31.6 Å². The third-order valence-corrected chi connectivity index (χ3v) is 6.77. The highest BCUT2D eigenvalue weighted by atomic mass is 32.1. The third-order valence-electron chi connectivity index (χ3n) is 4.68. The Kier molecular flexibility index (Phi) is 6.72. The van der Waals surface area contributed by atoms with E-state index in [1.807, 2.05) is 61.5 Å². The molecular formula is C24H21N3O3S2. The number of anilines is 1. The van der Waals surface area contributed by atoms with Gasteiger partial charge in [-0.15, -0.1) is 22.7 Å². The number of hydrogen-bond donors (Lipinski definition) is 1. The second kappa shape index (κ2) is 9.84. The standard InChI is InChI=1S/C24H21N3O3S2/c1-15-8-6-7-11-19(15)27-20(28)12-21-26-18(14-31-21)13-30-24(29)22-16(2)25-23(32-22)17-9-4-3-5-10-17/h3-11,14H,12-13H2,1-2H3,(H,27,28). The van der Waals surface area contributed by atoms with Gasteiger partial charge < -0.3 is 10.1 Å². The number of amides is 1. The predicted molar refractivity (Wildman–Crippen MR) is 127 cm³/mol. The van der Waals surface area contributed by atoms with Gasteiger partial charge in [-0.1, -0.05) is 48.5 Å². The van der Waals surface area contributed by atoms with Crippen molar-refractivity contribution in [3.63, 3.8) is 0 Å². The molecule has 2 heterocycles. The van der Waals surface area contributed by atoms with E-state index < -0.39 is 5.97 Å². The van der Waals surface area contributed by atoms with Gasteiger partial charge in [0.25, 0.3) is 0 Å². The van der Waals surface area contributed by atoms with Gasteiger partial charge in [-0.05, 0) is 25.5 Å². The molecule has 0 radical (unpaired) electrons. The topological polar surface area (TPSA) is 81.2 Å². The number of ether oxygens (including phenoxy) is 1. The zero-order chi connectivity index (χ0) is 22.5. The van der Waals surface area contributed by atoms with Crippen molar-refractivity contribution in [2.24, 2.45) is 0 Å². The van der Waals surface area contributed by atoms with Crippen LogP contribution in [-0.2, 0) is 22.6 Å². The average molecular weight is 464 g/mol. The summed E-state index contributed by atoms with van der Waals surface area (Å²) in [5.41, 5.74) is 4.02. The van der Waals surface area contributed by atoms with Crippen molar-refractivity contribution >= 4 is 40.2 Å². The first-order valence-electron chi connectivity index (χ1n) is 9.98. The highest BCUT2D eigenvalue weighted by Crippen LogP contribution is 2.28. The van der Waals surface area contributed by atoms with E-state index in [2.05, 4.69) is 15.3 Å². The number of esters is 1. The summed E-state index contributed by atoms with van der Waals surface area (Å²) in [5, 5.41) is 6.15. The normalized spacial score (nSPS) is 10.7. The summed E-state index contributed by atoms with van der Waals surface area (Å²) in [6.45, 7) is 3.79. The maximum atomic E-state index is 12.6. The number of nitrogens with zero attached hydrogens (tertiary/aromatic N) is 2. The molecule has 8 heteroatoms. The molecule has 2 aromatic carbocycles. The van der Waals surface area contributed by atoms with Gasteiger partial charge in [-0.2, -0.15) is 0 Å². The summed E-state index contributed by atoms with van der Waals surface area (Å²) < 4.78 is 5.45. The molecule has 0 saturated carbocycles. The molecule has 1 amide bonds. The summed E-state index contributed by atoms with van der Waals surface area (Å²) in [5.74, 6) is -0.556. The molecule has 0 spiro atoms. The Bertz CT molecular complexity index is 1250. The number of para-hydroxylation sites is 1. The monoisotopic (exact) mass is 463 g/mol. The quantitative estimate of drug-likeness (QED) is 0.370. The molecule has 2 aromatic heterocycles. The van der Waals surface area contributed by atoms with E-state index in [0.717, 1.165) is 21.8 Å². The van der Waals surface area contributed by atoms with Crippen molar-refractivity contribution < 1.29 is 14.3 Å². The van der Waals surface area contributed by atoms with Crippen molar-refractivity contribution in [3.05, 3.63) is 86.8 Å². The molecule has 0 unspecified atom stereocenters. The Labute approximate surface area is 193 Å². The first-order valence-corrected chi connectivity index (χ1v) is 11.7. The van der Waals surface area contributed by atoms with Gasteiger partial charge in [0.1, 0.15) is 21.5 Å². The number of aromatic nitrogens is 2. The Morgan fingerprint density at radius 1 is 1.00 bits per heavy atom. The maximum Gasteiger partial charge on any atom is 0.350 e. The van der Waals surface area contributed by atoms with Crippen LogP contribution in [0.25, 0.3) is 10.6 Å². The lowest BCUT2D eigenvalue weighted by Gasteiger charge is -2.06. The fraction of sp³-hybridized carbons (Fsp3) is 0.167. The Morgan fingerprint density at radius 2 is 1.75 bits per heavy atom. The predicted octanol–water partition coefficient (Wildman–Crippen LogP) is 5.42. The maximum absolute atomic E-state index is 12.6. The summed E-state index contributed by atoms with van der Waals surface area (Å²) in [7, 11) is 0. The summed E-state index contributed by atoms with van der Waals surface area (Å²) in [6, 6.07) is 17.3. The lowest BCUT2D eigenvalue weighted by Crippen LogP contribution is -2.15. The van der Waals surface area contributed by atoms with E-state index in [4.69, 9.17) is 4.74 Å². The molecule has 0 bridgehead atoms. The second-order valence-corrected chi connectivity index (χ2v) is 9.09. The number of aryl methyl sites for hydroxylation is 2. The Hall–Kier alpha value is -3.36. The smallest absolute Gasteiger partial charge is 0.350 e. The average Bonchev–Trinajstić information content (AvgIpc) is 3.40. The molecule has 4 rings (SSSR count). The lowest BCUT2D eigenvalue weighted by molar-refractivity contribution is -0.115. The van der Waals surface area contributed by atoms with Gasteiger partial charge in [-0.25, -0.2) is 14.8 Å². The summed E-state index contributed by atoms with van der Waals surface area (Å²) in [4.78, 5) is 34.3. The van der Waals surface area contributed by atoms with Crippen LogP contribution in [0.3, 0.4) is 0 Å². The van der Waals surface area contributed by atoms with Gasteiger partial charge in [-0.3, -0.25) is 4.79 Å². The fourth-order valence-corrected chi connectivity index (χ4v) is 4.78. The second-order valence-electron chi connectivity index (χ2n) is 7.15. The first-order chi connectivity index (χ1) is 15.5. The molecule has 162 valence electrons. The fourth-order valence-electron chi connectivity index (χ4n) is 3.04. The van der Waals surface area contributed by atoms with E-state index in [-0.39, 0.29) is 18.9 Å². The molecular weight excluding hydrogens is 442 g/mol. The molecule has 0 aliphatic carbocycles. The number of rotatable bonds is 7. The zero-order valence-corrected chi connectivity index (χ0v) is 19.3. The SMILES string of the molecule is Cc1ccccc1NC(=O)Cc1nc(COC(=O)c2sc(-c3ccccc3)nc2C)cs1. The van der Waals surface area contributed by atoms with Crippen molar-refractivity contribution in [1.82, 2.24) is 9.97 Å². The number of carbonyl (C=O) groups excluding carboxylic acids is 2. The highest BCUT2D eigenvalue weighted by molar-refractivity contribution is 7.17. The molecule has 4 aromatic rings. The van der Waals surface area contributed by atoms with Gasteiger partial charge in [0.2, 0.25) is 5.91 Å². The minimum Gasteiger partial charge on any atom is -0.455 e. The number of nitrogens with one attached hydrogen (secondary N) is 1. The molecule has 32 heavy (non-hydrogen) atoms. The van der Waals surface area contributed by atoms with Gasteiger partial charge in [0, 0.05) is 16.6 Å². The number of benzene rings is 2. The van der Waals surface area contributed by atoms with E-state index in [9.17, 15) is 9.59 Å². The van der Waals surface area contributed by atoms with Crippen LogP contribution in [0.5, 0.6) is 0 Å². The van der Waals surface area contributed by atoms with Crippen molar-refractivity contribution in [2.45, 2.75) is 26.9 Å². The Balaban J connectivity index is 1.33. The van der Waals surface area contributed by atoms with Gasteiger partial charge in [0.05, 0.1) is 17.8 Å². The lowest BCUT2D eigenvalue weighted by atomic mass is 10.2. The van der Waals surface area contributed by atoms with Crippen LogP contribution in [0, 0.1) is 13.8 Å². The molecule has 0 atom stereocenters. The Morgan fingerprint density at radius 3 is 2.53 bits per heavy atom. The zero-order valence-electron chi connectivity index (χ0n) is 17.6. The van der Waals surface area contributed by atoms with Gasteiger partial charge >= 0.3 is 5.97 Å². The van der Waals surface area contributed by atoms with Crippen LogP contribution < -0.4 is 5.32 Å². The van der Waals surface area contributed by atoms with Crippen LogP contribution in [0.15, 0.2) is 60.0 Å². The minimum absolute atomic E-state index is 0.0484. The number of hydrogen-bond acceptors (Lipinski definition) is 7. The first kappa shape index (κ1) is 21.9. The van der Waals surface area contributed by atoms with Crippen LogP contribution in [0.4, 0.5) is 5.69 Å². The van der Waals surface area contributed by atoms with Crippen molar-refractivity contribution in [3.8, 4) is 10.6 Å². The van der Waals surface area contributed by atoms with E-state index in [0.29, 0.717) is 21.3 Å². The molecule has 0 fully saturated rings. The van der Waals surface area contributed by atoms with E-state index in [1.165, 1.54) is 22.7 Å². The molecule has 0 saturated heterocycles. The summed E-state index contributed by atoms with van der Waals surface area (Å²) >= 11 is 2.69. The number of thiazole rings is 2. The van der Waals surface area contributed by atoms with Crippen LogP contribution >= 0.6 is 22.7 Å². The van der Waals surface area contributed by atoms with Gasteiger partial charge in [0.15, 0.2) is 0 Å². The van der Waals surface area contributed by atoms with E-state index in [1.54, 1.807) is 12.3 Å². The third kappa shape index (κ3) is 5.27. The van der Waals surface area contributed by atoms with Crippen molar-refractivity contribution in [2.75, 3.05) is 5.32 Å². The van der Waals surface area contributed by atoms with E-state index >= 15 is 0 Å². The molecule has 0 aliphatic heterocycles. The van der Waals surface area contributed by atoms with Crippen molar-refractivity contribution in [1.29, 1.82) is 0 Å². The minimum atomic E-state index is -0.422. The van der Waals surface area contributed by atoms with Crippen LogP contribution in [-0.4, -0.2) is 21.8 Å². The highest BCUT2D eigenvalue weighted by Gasteiger charge is 2.18.